The van der Waals surface area contributed by atoms with Crippen LogP contribution < -0.4 is 10.1 Å². The number of benzene rings is 1. The molecule has 4 heteroatoms. The van der Waals surface area contributed by atoms with Gasteiger partial charge < -0.3 is 10.1 Å². The molecule has 3 nitrogen and oxygen atoms in total. The minimum absolute atomic E-state index is 0.176. The van der Waals surface area contributed by atoms with Crippen LogP contribution in [0.2, 0.25) is 0 Å². The van der Waals surface area contributed by atoms with E-state index in [1.165, 1.54) is 18.9 Å². The van der Waals surface area contributed by atoms with E-state index in [1.54, 1.807) is 7.11 Å². The van der Waals surface area contributed by atoms with Crippen molar-refractivity contribution in [2.45, 2.75) is 32.4 Å². The Labute approximate surface area is 114 Å². The average molecular weight is 266 g/mol. The number of halogens is 1. The van der Waals surface area contributed by atoms with E-state index >= 15 is 0 Å². The normalized spacial score (nSPS) is 20.5. The Morgan fingerprint density at radius 2 is 2.32 bits per heavy atom. The third-order valence-electron chi connectivity index (χ3n) is 3.65. The lowest BCUT2D eigenvalue weighted by molar-refractivity contribution is 0.183. The minimum Gasteiger partial charge on any atom is -0.497 e. The predicted octanol–water partition coefficient (Wildman–Crippen LogP) is 2.41. The van der Waals surface area contributed by atoms with Crippen LogP contribution in [-0.2, 0) is 6.54 Å². The van der Waals surface area contributed by atoms with Crippen LogP contribution >= 0.6 is 0 Å². The fraction of sp³-hybridized carbons (Fsp3) is 0.600. The number of nitrogens with zero attached hydrogens (tertiary/aromatic N) is 1. The zero-order chi connectivity index (χ0) is 13.7. The van der Waals surface area contributed by atoms with Crippen LogP contribution in [-0.4, -0.2) is 37.7 Å². The number of rotatable bonds is 5. The summed E-state index contributed by atoms with van der Waals surface area (Å²) in [5.41, 5.74) is 0.748. The number of piperidine rings is 1. The summed E-state index contributed by atoms with van der Waals surface area (Å²) in [5.74, 6) is 0.398. The van der Waals surface area contributed by atoms with Gasteiger partial charge in [0.1, 0.15) is 11.6 Å². The molecule has 1 aromatic carbocycles. The Bertz CT molecular complexity index is 409. The number of likely N-dealkylation sites (N-methyl/N-ethyl adjacent to an activating group) is 1. The van der Waals surface area contributed by atoms with E-state index in [4.69, 9.17) is 4.74 Å². The molecule has 0 saturated carbocycles. The molecule has 1 aromatic rings. The molecule has 1 N–H and O–H groups in total. The molecule has 106 valence electrons. The van der Waals surface area contributed by atoms with Crippen molar-refractivity contribution in [1.29, 1.82) is 0 Å². The van der Waals surface area contributed by atoms with Gasteiger partial charge in [0.15, 0.2) is 0 Å². The second kappa shape index (κ2) is 6.87. The number of likely N-dealkylation sites (tertiary alicyclic amines) is 1. The summed E-state index contributed by atoms with van der Waals surface area (Å²) < 4.78 is 18.9. The fourth-order valence-electron chi connectivity index (χ4n) is 2.68. The van der Waals surface area contributed by atoms with E-state index in [2.05, 4.69) is 17.1 Å². The van der Waals surface area contributed by atoms with Gasteiger partial charge in [0.2, 0.25) is 0 Å². The molecule has 0 amide bonds. The van der Waals surface area contributed by atoms with Crippen LogP contribution in [0.1, 0.15) is 25.3 Å². The summed E-state index contributed by atoms with van der Waals surface area (Å²) in [6.07, 6.45) is 2.39. The van der Waals surface area contributed by atoms with E-state index in [9.17, 15) is 4.39 Å². The van der Waals surface area contributed by atoms with Crippen molar-refractivity contribution in [1.82, 2.24) is 10.2 Å². The molecule has 1 heterocycles. The molecule has 0 bridgehead atoms. The summed E-state index contributed by atoms with van der Waals surface area (Å²) >= 11 is 0. The molecular formula is C15H23FN2O. The maximum Gasteiger partial charge on any atom is 0.131 e. The van der Waals surface area contributed by atoms with Crippen molar-refractivity contribution in [3.05, 3.63) is 29.6 Å². The van der Waals surface area contributed by atoms with Gasteiger partial charge in [-0.05, 0) is 32.0 Å². The lowest BCUT2D eigenvalue weighted by Gasteiger charge is -2.33. The molecule has 0 aromatic heterocycles. The summed E-state index contributed by atoms with van der Waals surface area (Å²) in [6, 6.07) is 5.65. The van der Waals surface area contributed by atoms with E-state index in [0.717, 1.165) is 25.2 Å². The van der Waals surface area contributed by atoms with Crippen LogP contribution in [0.5, 0.6) is 5.75 Å². The maximum atomic E-state index is 13.9. The largest absolute Gasteiger partial charge is 0.497 e. The Balaban J connectivity index is 1.96. The van der Waals surface area contributed by atoms with Gasteiger partial charge >= 0.3 is 0 Å². The van der Waals surface area contributed by atoms with Crippen molar-refractivity contribution < 1.29 is 9.13 Å². The fourth-order valence-corrected chi connectivity index (χ4v) is 2.68. The first kappa shape index (κ1) is 14.3. The Kier molecular flexibility index (Phi) is 5.16. The Morgan fingerprint density at radius 1 is 1.47 bits per heavy atom. The third kappa shape index (κ3) is 3.91. The summed E-state index contributed by atoms with van der Waals surface area (Å²) in [7, 11) is 1.56. The molecule has 1 fully saturated rings. The lowest BCUT2D eigenvalue weighted by Crippen LogP contribution is -2.45. The molecule has 0 radical (unpaired) electrons. The van der Waals surface area contributed by atoms with Crippen molar-refractivity contribution >= 4 is 0 Å². The molecule has 2 rings (SSSR count). The van der Waals surface area contributed by atoms with Gasteiger partial charge in [0.25, 0.3) is 0 Å². The number of ether oxygens (including phenoxy) is 1. The number of nitrogens with one attached hydrogen (secondary N) is 1. The van der Waals surface area contributed by atoms with Gasteiger partial charge in [-0.25, -0.2) is 4.39 Å². The Hall–Kier alpha value is -1.13. The van der Waals surface area contributed by atoms with Crippen molar-refractivity contribution in [2.24, 2.45) is 0 Å². The number of hydrogen-bond acceptors (Lipinski definition) is 3. The molecular weight excluding hydrogens is 243 g/mol. The predicted molar refractivity (Wildman–Crippen MR) is 74.9 cm³/mol. The number of hydrogen-bond donors (Lipinski definition) is 1. The lowest BCUT2D eigenvalue weighted by atomic mass is 10.0. The first-order valence-electron chi connectivity index (χ1n) is 7.01. The van der Waals surface area contributed by atoms with Gasteiger partial charge in [-0.2, -0.15) is 0 Å². The smallest absolute Gasteiger partial charge is 0.131 e. The van der Waals surface area contributed by atoms with Gasteiger partial charge in [0, 0.05) is 30.8 Å². The van der Waals surface area contributed by atoms with Gasteiger partial charge in [-0.1, -0.05) is 13.0 Å². The van der Waals surface area contributed by atoms with Crippen LogP contribution in [0, 0.1) is 5.82 Å². The standard InChI is InChI=1S/C15H23FN2O/c1-3-17-13-5-4-8-18(11-13)10-12-6-7-14(19-2)9-15(12)16/h6-7,9,13,17H,3-5,8,10-11H2,1-2H3. The Morgan fingerprint density at radius 3 is 3.00 bits per heavy atom. The van der Waals surface area contributed by atoms with E-state index in [1.807, 2.05) is 12.1 Å². The summed E-state index contributed by atoms with van der Waals surface area (Å²) in [6.45, 7) is 5.85. The first-order chi connectivity index (χ1) is 9.22. The highest BCUT2D eigenvalue weighted by atomic mass is 19.1. The minimum atomic E-state index is -0.176. The highest BCUT2D eigenvalue weighted by Crippen LogP contribution is 2.19. The monoisotopic (exact) mass is 266 g/mol. The van der Waals surface area contributed by atoms with Crippen molar-refractivity contribution in [3.63, 3.8) is 0 Å². The zero-order valence-corrected chi connectivity index (χ0v) is 11.8. The van der Waals surface area contributed by atoms with Gasteiger partial charge in [-0.15, -0.1) is 0 Å². The topological polar surface area (TPSA) is 24.5 Å². The van der Waals surface area contributed by atoms with Crippen molar-refractivity contribution in [2.75, 3.05) is 26.7 Å². The second-order valence-electron chi connectivity index (χ2n) is 5.09. The van der Waals surface area contributed by atoms with Gasteiger partial charge in [0.05, 0.1) is 7.11 Å². The van der Waals surface area contributed by atoms with E-state index in [-0.39, 0.29) is 5.82 Å². The summed E-state index contributed by atoms with van der Waals surface area (Å²) in [4.78, 5) is 2.32. The zero-order valence-electron chi connectivity index (χ0n) is 11.8. The quantitative estimate of drug-likeness (QED) is 0.885. The van der Waals surface area contributed by atoms with Crippen LogP contribution in [0.15, 0.2) is 18.2 Å². The van der Waals surface area contributed by atoms with Crippen LogP contribution in [0.25, 0.3) is 0 Å². The molecule has 1 aliphatic rings. The average Bonchev–Trinajstić information content (AvgIpc) is 2.42. The van der Waals surface area contributed by atoms with E-state index in [0.29, 0.717) is 18.3 Å². The molecule has 1 saturated heterocycles. The number of methoxy groups -OCH3 is 1. The molecule has 1 aliphatic heterocycles. The van der Waals surface area contributed by atoms with Crippen LogP contribution in [0.3, 0.4) is 0 Å². The second-order valence-corrected chi connectivity index (χ2v) is 5.09. The highest BCUT2D eigenvalue weighted by Gasteiger charge is 2.19. The highest BCUT2D eigenvalue weighted by molar-refractivity contribution is 5.28. The maximum absolute atomic E-state index is 13.9. The third-order valence-corrected chi connectivity index (χ3v) is 3.65. The first-order valence-corrected chi connectivity index (χ1v) is 7.01. The molecule has 0 aliphatic carbocycles. The van der Waals surface area contributed by atoms with Crippen molar-refractivity contribution in [3.8, 4) is 5.75 Å². The molecule has 0 spiro atoms. The molecule has 1 atom stereocenters. The molecule has 19 heavy (non-hydrogen) atoms. The van der Waals surface area contributed by atoms with Crippen LogP contribution in [0.4, 0.5) is 4.39 Å². The van der Waals surface area contributed by atoms with E-state index < -0.39 is 0 Å². The SMILES string of the molecule is CCNC1CCCN(Cc2ccc(OC)cc2F)C1. The van der Waals surface area contributed by atoms with Gasteiger partial charge in [-0.3, -0.25) is 4.90 Å². The molecule has 1 unspecified atom stereocenters. The summed E-state index contributed by atoms with van der Waals surface area (Å²) in [5, 5.41) is 3.48.